The number of nitrogens with zero attached hydrogens (tertiary/aromatic N) is 4. The molecular weight excluding hydrogens is 250 g/mol. The first-order chi connectivity index (χ1) is 9.66. The Morgan fingerprint density at radius 1 is 1.35 bits per heavy atom. The quantitative estimate of drug-likeness (QED) is 0.872. The van der Waals surface area contributed by atoms with E-state index in [1.807, 2.05) is 44.2 Å². The number of hydrogen-bond donors (Lipinski definition) is 1. The van der Waals surface area contributed by atoms with Gasteiger partial charge in [0.2, 0.25) is 0 Å². The van der Waals surface area contributed by atoms with Gasteiger partial charge in [-0.05, 0) is 19.4 Å². The maximum absolute atomic E-state index is 9.75. The van der Waals surface area contributed by atoms with Gasteiger partial charge in [-0.15, -0.1) is 0 Å². The monoisotopic (exact) mass is 269 g/mol. The zero-order valence-corrected chi connectivity index (χ0v) is 11.8. The van der Waals surface area contributed by atoms with Gasteiger partial charge < -0.3 is 0 Å². The molecule has 1 atom stereocenters. The molecule has 0 saturated heterocycles. The molecule has 1 aromatic heterocycles. The van der Waals surface area contributed by atoms with Crippen molar-refractivity contribution in [2.75, 3.05) is 0 Å². The molecule has 0 fully saturated rings. The van der Waals surface area contributed by atoms with Gasteiger partial charge in [0.1, 0.15) is 18.2 Å². The van der Waals surface area contributed by atoms with Crippen molar-refractivity contribution in [1.82, 2.24) is 20.1 Å². The van der Waals surface area contributed by atoms with E-state index in [9.17, 15) is 5.26 Å². The summed E-state index contributed by atoms with van der Waals surface area (Å²) in [4.78, 5) is 3.93. The standard InChI is InChI=1S/C15H19N5/c1-13(2)19-15(10-16,14-6-4-3-5-7-14)8-9-20-12-17-11-18-20/h3-7,11-13,19H,8-9H2,1-2H3. The molecule has 0 spiro atoms. The fraction of sp³-hybridized carbons (Fsp3) is 0.400. The summed E-state index contributed by atoms with van der Waals surface area (Å²) in [6.45, 7) is 4.73. The van der Waals surface area contributed by atoms with Crippen molar-refractivity contribution in [3.05, 3.63) is 48.5 Å². The van der Waals surface area contributed by atoms with Crippen molar-refractivity contribution in [2.45, 2.75) is 38.4 Å². The summed E-state index contributed by atoms with van der Waals surface area (Å²) in [5.74, 6) is 0. The Labute approximate surface area is 119 Å². The molecule has 0 radical (unpaired) electrons. The molecule has 0 aliphatic rings. The molecule has 5 heteroatoms. The summed E-state index contributed by atoms with van der Waals surface area (Å²) in [6, 6.07) is 12.5. The summed E-state index contributed by atoms with van der Waals surface area (Å²) in [6.07, 6.45) is 3.81. The second-order valence-electron chi connectivity index (χ2n) is 5.09. The lowest BCUT2D eigenvalue weighted by atomic mass is 9.87. The highest BCUT2D eigenvalue weighted by Crippen LogP contribution is 2.25. The van der Waals surface area contributed by atoms with Crippen LogP contribution in [0.15, 0.2) is 43.0 Å². The molecule has 2 rings (SSSR count). The third-order valence-corrected chi connectivity index (χ3v) is 3.18. The molecule has 0 aliphatic heterocycles. The number of rotatable bonds is 6. The Bertz CT molecular complexity index is 556. The highest BCUT2D eigenvalue weighted by Gasteiger charge is 2.32. The average molecular weight is 269 g/mol. The number of nitriles is 1. The normalized spacial score (nSPS) is 13.9. The van der Waals surface area contributed by atoms with Gasteiger partial charge in [-0.25, -0.2) is 4.98 Å². The molecule has 5 nitrogen and oxygen atoms in total. The van der Waals surface area contributed by atoms with Crippen molar-refractivity contribution in [1.29, 1.82) is 5.26 Å². The predicted octanol–water partition coefficient (Wildman–Crippen LogP) is 2.09. The van der Waals surface area contributed by atoms with Crippen LogP contribution < -0.4 is 5.32 Å². The number of benzene rings is 1. The van der Waals surface area contributed by atoms with Crippen LogP contribution in [0.1, 0.15) is 25.8 Å². The second kappa shape index (κ2) is 6.31. The molecule has 20 heavy (non-hydrogen) atoms. The van der Waals surface area contributed by atoms with Gasteiger partial charge in [-0.2, -0.15) is 10.4 Å². The summed E-state index contributed by atoms with van der Waals surface area (Å²) in [7, 11) is 0. The maximum atomic E-state index is 9.75. The fourth-order valence-corrected chi connectivity index (χ4v) is 2.30. The van der Waals surface area contributed by atoms with E-state index in [0.29, 0.717) is 13.0 Å². The first-order valence-electron chi connectivity index (χ1n) is 6.73. The Morgan fingerprint density at radius 2 is 2.10 bits per heavy atom. The molecule has 0 saturated carbocycles. The van der Waals surface area contributed by atoms with Crippen LogP contribution in [-0.2, 0) is 12.1 Å². The van der Waals surface area contributed by atoms with Crippen LogP contribution in [0, 0.1) is 11.3 Å². The first kappa shape index (κ1) is 14.2. The van der Waals surface area contributed by atoms with Gasteiger partial charge >= 0.3 is 0 Å². The van der Waals surface area contributed by atoms with Gasteiger partial charge in [0.25, 0.3) is 0 Å². The van der Waals surface area contributed by atoms with Crippen LogP contribution in [0.3, 0.4) is 0 Å². The van der Waals surface area contributed by atoms with E-state index in [4.69, 9.17) is 0 Å². The van der Waals surface area contributed by atoms with Crippen molar-refractivity contribution >= 4 is 0 Å². The number of hydrogen-bond acceptors (Lipinski definition) is 4. The van der Waals surface area contributed by atoms with Gasteiger partial charge in [0.15, 0.2) is 0 Å². The lowest BCUT2D eigenvalue weighted by molar-refractivity contribution is 0.337. The van der Waals surface area contributed by atoms with Crippen molar-refractivity contribution in [3.63, 3.8) is 0 Å². The van der Waals surface area contributed by atoms with Gasteiger partial charge in [-0.3, -0.25) is 10.00 Å². The minimum atomic E-state index is -0.707. The Balaban J connectivity index is 2.25. The smallest absolute Gasteiger partial charge is 0.137 e. The minimum Gasteiger partial charge on any atom is -0.293 e. The number of aromatic nitrogens is 3. The second-order valence-corrected chi connectivity index (χ2v) is 5.09. The fourth-order valence-electron chi connectivity index (χ4n) is 2.30. The largest absolute Gasteiger partial charge is 0.293 e. The van der Waals surface area contributed by atoms with E-state index in [2.05, 4.69) is 21.5 Å². The van der Waals surface area contributed by atoms with Crippen LogP contribution >= 0.6 is 0 Å². The van der Waals surface area contributed by atoms with E-state index >= 15 is 0 Å². The van der Waals surface area contributed by atoms with Crippen molar-refractivity contribution in [3.8, 4) is 6.07 Å². The average Bonchev–Trinajstić information content (AvgIpc) is 2.97. The van der Waals surface area contributed by atoms with E-state index in [0.717, 1.165) is 5.56 Å². The summed E-state index contributed by atoms with van der Waals surface area (Å²) in [5.41, 5.74) is 0.276. The van der Waals surface area contributed by atoms with E-state index in [1.165, 1.54) is 6.33 Å². The van der Waals surface area contributed by atoms with Crippen molar-refractivity contribution in [2.24, 2.45) is 0 Å². The van der Waals surface area contributed by atoms with Crippen LogP contribution in [0.25, 0.3) is 0 Å². The Morgan fingerprint density at radius 3 is 2.65 bits per heavy atom. The minimum absolute atomic E-state index is 0.214. The predicted molar refractivity (Wildman–Crippen MR) is 76.6 cm³/mol. The SMILES string of the molecule is CC(C)NC(C#N)(CCn1cncn1)c1ccccc1. The maximum Gasteiger partial charge on any atom is 0.137 e. The zero-order chi connectivity index (χ0) is 14.4. The first-order valence-corrected chi connectivity index (χ1v) is 6.73. The molecule has 1 N–H and O–H groups in total. The molecule has 0 amide bonds. The van der Waals surface area contributed by atoms with Crippen LogP contribution in [0.4, 0.5) is 0 Å². The molecule has 1 heterocycles. The zero-order valence-electron chi connectivity index (χ0n) is 11.8. The Hall–Kier alpha value is -2.19. The molecule has 0 bridgehead atoms. The third-order valence-electron chi connectivity index (χ3n) is 3.18. The molecule has 2 aromatic rings. The third kappa shape index (κ3) is 3.22. The summed E-state index contributed by atoms with van der Waals surface area (Å²) < 4.78 is 1.75. The van der Waals surface area contributed by atoms with E-state index in [-0.39, 0.29) is 6.04 Å². The highest BCUT2D eigenvalue weighted by atomic mass is 15.3. The van der Waals surface area contributed by atoms with E-state index < -0.39 is 5.54 Å². The van der Waals surface area contributed by atoms with Gasteiger partial charge in [0, 0.05) is 19.0 Å². The van der Waals surface area contributed by atoms with E-state index in [1.54, 1.807) is 11.0 Å². The van der Waals surface area contributed by atoms with Crippen LogP contribution in [0.5, 0.6) is 0 Å². The Kier molecular flexibility index (Phi) is 4.49. The summed E-state index contributed by atoms with van der Waals surface area (Å²) in [5, 5.41) is 17.2. The molecular formula is C15H19N5. The van der Waals surface area contributed by atoms with Gasteiger partial charge in [-0.1, -0.05) is 30.3 Å². The highest BCUT2D eigenvalue weighted by molar-refractivity contribution is 5.31. The topological polar surface area (TPSA) is 66.5 Å². The lowest BCUT2D eigenvalue weighted by Gasteiger charge is -2.30. The number of aryl methyl sites for hydroxylation is 1. The van der Waals surface area contributed by atoms with Gasteiger partial charge in [0.05, 0.1) is 6.07 Å². The number of nitrogens with one attached hydrogen (secondary N) is 1. The van der Waals surface area contributed by atoms with Crippen LogP contribution in [-0.4, -0.2) is 20.8 Å². The molecule has 104 valence electrons. The van der Waals surface area contributed by atoms with Crippen LogP contribution in [0.2, 0.25) is 0 Å². The summed E-state index contributed by atoms with van der Waals surface area (Å²) >= 11 is 0. The lowest BCUT2D eigenvalue weighted by Crippen LogP contribution is -2.45. The van der Waals surface area contributed by atoms with Crippen molar-refractivity contribution < 1.29 is 0 Å². The molecule has 1 aromatic carbocycles. The molecule has 1 unspecified atom stereocenters. The molecule has 0 aliphatic carbocycles.